The van der Waals surface area contributed by atoms with Gasteiger partial charge in [-0.05, 0) is 84.2 Å². The SMILES string of the molecule is O=c1cc(-c2ccn3c(Br)cnc3c2)ccn1CCCN1CCCCC1. The Bertz CT molecular complexity index is 956. The summed E-state index contributed by atoms with van der Waals surface area (Å²) in [6.07, 6.45) is 10.7. The van der Waals surface area contributed by atoms with Gasteiger partial charge in [-0.15, -0.1) is 0 Å². The van der Waals surface area contributed by atoms with Crippen LogP contribution >= 0.6 is 15.9 Å². The number of piperidine rings is 1. The van der Waals surface area contributed by atoms with Gasteiger partial charge in [0.2, 0.25) is 0 Å². The van der Waals surface area contributed by atoms with E-state index in [1.54, 1.807) is 12.3 Å². The summed E-state index contributed by atoms with van der Waals surface area (Å²) in [5.74, 6) is 0. The molecule has 0 spiro atoms. The third-order valence-electron chi connectivity index (χ3n) is 5.12. The highest BCUT2D eigenvalue weighted by atomic mass is 79.9. The van der Waals surface area contributed by atoms with E-state index in [0.29, 0.717) is 0 Å². The molecule has 0 radical (unpaired) electrons. The van der Waals surface area contributed by atoms with E-state index >= 15 is 0 Å². The molecule has 6 heteroatoms. The van der Waals surface area contributed by atoms with E-state index in [9.17, 15) is 4.79 Å². The zero-order valence-electron chi connectivity index (χ0n) is 14.8. The molecule has 1 saturated heterocycles. The van der Waals surface area contributed by atoms with Gasteiger partial charge in [-0.25, -0.2) is 4.98 Å². The van der Waals surface area contributed by atoms with Crippen LogP contribution in [0.15, 0.2) is 52.3 Å². The Morgan fingerprint density at radius 2 is 1.77 bits per heavy atom. The van der Waals surface area contributed by atoms with E-state index in [0.717, 1.165) is 40.9 Å². The van der Waals surface area contributed by atoms with Crippen LogP contribution < -0.4 is 5.56 Å². The molecule has 4 rings (SSSR count). The summed E-state index contributed by atoms with van der Waals surface area (Å²) in [4.78, 5) is 19.4. The van der Waals surface area contributed by atoms with Gasteiger partial charge in [0.15, 0.2) is 0 Å². The quantitative estimate of drug-likeness (QED) is 0.637. The number of likely N-dealkylation sites (tertiary alicyclic amines) is 1. The van der Waals surface area contributed by atoms with Crippen LogP contribution in [0.5, 0.6) is 0 Å². The molecule has 3 aromatic heterocycles. The summed E-state index contributed by atoms with van der Waals surface area (Å²) < 4.78 is 4.70. The topological polar surface area (TPSA) is 42.5 Å². The lowest BCUT2D eigenvalue weighted by Crippen LogP contribution is -2.31. The molecule has 0 bridgehead atoms. The molecule has 5 nitrogen and oxygen atoms in total. The number of pyridine rings is 2. The van der Waals surface area contributed by atoms with Crippen molar-refractivity contribution in [1.82, 2.24) is 18.9 Å². The molecule has 0 amide bonds. The Hall–Kier alpha value is -1.92. The smallest absolute Gasteiger partial charge is 0.251 e. The minimum Gasteiger partial charge on any atom is -0.315 e. The van der Waals surface area contributed by atoms with Gasteiger partial charge in [-0.3, -0.25) is 9.20 Å². The Balaban J connectivity index is 1.45. The summed E-state index contributed by atoms with van der Waals surface area (Å²) in [6, 6.07) is 7.76. The molecular formula is C20H23BrN4O. The Labute approximate surface area is 161 Å². The summed E-state index contributed by atoms with van der Waals surface area (Å²) >= 11 is 3.47. The predicted octanol–water partition coefficient (Wildman–Crippen LogP) is 3.80. The van der Waals surface area contributed by atoms with Crippen molar-refractivity contribution in [3.05, 3.63) is 57.8 Å². The van der Waals surface area contributed by atoms with E-state index in [1.165, 1.54) is 32.4 Å². The number of aryl methyl sites for hydroxylation is 1. The highest BCUT2D eigenvalue weighted by molar-refractivity contribution is 9.10. The molecule has 0 aromatic carbocycles. The first-order valence-electron chi connectivity index (χ1n) is 9.26. The van der Waals surface area contributed by atoms with Crippen LogP contribution in [0.1, 0.15) is 25.7 Å². The molecule has 1 aliphatic heterocycles. The molecule has 0 atom stereocenters. The Kier molecular flexibility index (Phi) is 5.22. The van der Waals surface area contributed by atoms with Gasteiger partial charge in [0, 0.05) is 25.0 Å². The van der Waals surface area contributed by atoms with E-state index in [-0.39, 0.29) is 5.56 Å². The predicted molar refractivity (Wildman–Crippen MR) is 107 cm³/mol. The number of hydrogen-bond donors (Lipinski definition) is 0. The van der Waals surface area contributed by atoms with Crippen molar-refractivity contribution < 1.29 is 0 Å². The van der Waals surface area contributed by atoms with E-state index in [1.807, 2.05) is 39.6 Å². The van der Waals surface area contributed by atoms with Gasteiger partial charge in [-0.1, -0.05) is 6.42 Å². The van der Waals surface area contributed by atoms with Crippen molar-refractivity contribution in [3.8, 4) is 11.1 Å². The Morgan fingerprint density at radius 1 is 1.00 bits per heavy atom. The number of nitrogens with zero attached hydrogens (tertiary/aromatic N) is 4. The molecule has 3 aromatic rings. The molecule has 136 valence electrons. The number of fused-ring (bicyclic) bond motifs is 1. The van der Waals surface area contributed by atoms with Gasteiger partial charge < -0.3 is 9.47 Å². The fraction of sp³-hybridized carbons (Fsp3) is 0.400. The molecule has 0 unspecified atom stereocenters. The zero-order chi connectivity index (χ0) is 17.9. The summed E-state index contributed by atoms with van der Waals surface area (Å²) in [5, 5.41) is 0. The van der Waals surface area contributed by atoms with Crippen LogP contribution in [0.4, 0.5) is 0 Å². The Morgan fingerprint density at radius 3 is 2.58 bits per heavy atom. The van der Waals surface area contributed by atoms with Gasteiger partial charge in [-0.2, -0.15) is 0 Å². The van der Waals surface area contributed by atoms with Gasteiger partial charge >= 0.3 is 0 Å². The highest BCUT2D eigenvalue weighted by Crippen LogP contribution is 2.21. The zero-order valence-corrected chi connectivity index (χ0v) is 16.4. The third kappa shape index (κ3) is 3.76. The van der Waals surface area contributed by atoms with Gasteiger partial charge in [0.25, 0.3) is 5.56 Å². The largest absolute Gasteiger partial charge is 0.315 e. The first-order chi connectivity index (χ1) is 12.7. The lowest BCUT2D eigenvalue weighted by Gasteiger charge is -2.26. The summed E-state index contributed by atoms with van der Waals surface area (Å²) in [7, 11) is 0. The fourth-order valence-corrected chi connectivity index (χ4v) is 4.05. The normalized spacial score (nSPS) is 15.6. The standard InChI is InChI=1S/C20H23BrN4O/c21-18-15-22-19-13-16(6-12-25(18)19)17-5-11-24(20(26)14-17)10-4-9-23-7-2-1-3-8-23/h5-6,11-15H,1-4,7-10H2. The van der Waals surface area contributed by atoms with Gasteiger partial charge in [0.05, 0.1) is 6.20 Å². The van der Waals surface area contributed by atoms with Crippen LogP contribution in [0, 0.1) is 0 Å². The molecule has 26 heavy (non-hydrogen) atoms. The summed E-state index contributed by atoms with van der Waals surface area (Å²) in [6.45, 7) is 4.28. The summed E-state index contributed by atoms with van der Waals surface area (Å²) in [5.41, 5.74) is 2.86. The third-order valence-corrected chi connectivity index (χ3v) is 5.71. The maximum Gasteiger partial charge on any atom is 0.251 e. The van der Waals surface area contributed by atoms with E-state index in [4.69, 9.17) is 0 Å². The first-order valence-corrected chi connectivity index (χ1v) is 10.1. The van der Waals surface area contributed by atoms with Crippen LogP contribution in [-0.4, -0.2) is 38.5 Å². The number of hydrogen-bond acceptors (Lipinski definition) is 3. The lowest BCUT2D eigenvalue weighted by molar-refractivity contribution is 0.222. The first kappa shape index (κ1) is 17.5. The number of imidazole rings is 1. The van der Waals surface area contributed by atoms with Crippen LogP contribution in [0.25, 0.3) is 16.8 Å². The molecule has 0 N–H and O–H groups in total. The highest BCUT2D eigenvalue weighted by Gasteiger charge is 2.10. The molecule has 1 fully saturated rings. The van der Waals surface area contributed by atoms with E-state index < -0.39 is 0 Å². The fourth-order valence-electron chi connectivity index (χ4n) is 3.65. The maximum atomic E-state index is 12.5. The number of aromatic nitrogens is 3. The van der Waals surface area contributed by atoms with Gasteiger partial charge in [0.1, 0.15) is 10.3 Å². The minimum absolute atomic E-state index is 0.0607. The monoisotopic (exact) mass is 414 g/mol. The maximum absolute atomic E-state index is 12.5. The molecule has 1 aliphatic rings. The van der Waals surface area contributed by atoms with Crippen molar-refractivity contribution in [2.45, 2.75) is 32.2 Å². The average molecular weight is 415 g/mol. The minimum atomic E-state index is 0.0607. The molecule has 0 aliphatic carbocycles. The second kappa shape index (κ2) is 7.76. The lowest BCUT2D eigenvalue weighted by atomic mass is 10.1. The van der Waals surface area contributed by atoms with Crippen LogP contribution in [-0.2, 0) is 6.54 Å². The van der Waals surface area contributed by atoms with Crippen LogP contribution in [0.3, 0.4) is 0 Å². The molecular weight excluding hydrogens is 392 g/mol. The second-order valence-corrected chi connectivity index (χ2v) is 7.74. The van der Waals surface area contributed by atoms with Crippen molar-refractivity contribution in [3.63, 3.8) is 0 Å². The van der Waals surface area contributed by atoms with E-state index in [2.05, 4.69) is 25.8 Å². The van der Waals surface area contributed by atoms with Crippen LogP contribution in [0.2, 0.25) is 0 Å². The van der Waals surface area contributed by atoms with Crippen molar-refractivity contribution >= 4 is 21.6 Å². The van der Waals surface area contributed by atoms with Crippen molar-refractivity contribution in [2.24, 2.45) is 0 Å². The molecule has 0 saturated carbocycles. The number of rotatable bonds is 5. The molecule has 4 heterocycles. The average Bonchev–Trinajstić information content (AvgIpc) is 3.04. The number of halogens is 1. The second-order valence-electron chi connectivity index (χ2n) is 6.93. The van der Waals surface area contributed by atoms with Crippen molar-refractivity contribution in [2.75, 3.05) is 19.6 Å². The van der Waals surface area contributed by atoms with Crippen molar-refractivity contribution in [1.29, 1.82) is 0 Å².